The second kappa shape index (κ2) is 3.65. The molecule has 0 radical (unpaired) electrons. The molecule has 0 bridgehead atoms. The number of allylic oxidation sites excluding steroid dienone is 1. The Morgan fingerprint density at radius 1 is 1.54 bits per heavy atom. The summed E-state index contributed by atoms with van der Waals surface area (Å²) >= 11 is 0. The largest absolute Gasteiger partial charge is 0.299 e. The summed E-state index contributed by atoms with van der Waals surface area (Å²) in [7, 11) is 0. The van der Waals surface area contributed by atoms with E-state index in [1.165, 1.54) is 0 Å². The lowest BCUT2D eigenvalue weighted by molar-refractivity contribution is -0.121. The molecular formula is C12H20O. The molecule has 1 nitrogen and oxygen atoms in total. The van der Waals surface area contributed by atoms with Crippen LogP contribution in [-0.4, -0.2) is 5.78 Å². The van der Waals surface area contributed by atoms with Gasteiger partial charge in [-0.1, -0.05) is 26.8 Å². The normalized spacial score (nSPS) is 29.3. The van der Waals surface area contributed by atoms with E-state index in [2.05, 4.69) is 27.4 Å². The Bertz CT molecular complexity index is 210. The van der Waals surface area contributed by atoms with Crippen LogP contribution >= 0.6 is 0 Å². The quantitative estimate of drug-likeness (QED) is 0.596. The molecular weight excluding hydrogens is 160 g/mol. The van der Waals surface area contributed by atoms with Gasteiger partial charge in [0.15, 0.2) is 0 Å². The summed E-state index contributed by atoms with van der Waals surface area (Å²) < 4.78 is 0. The highest BCUT2D eigenvalue weighted by Gasteiger charge is 2.40. The maximum Gasteiger partial charge on any atom is 0.136 e. The predicted octanol–water partition coefficient (Wildman–Crippen LogP) is 3.20. The fourth-order valence-electron chi connectivity index (χ4n) is 2.42. The zero-order valence-electron chi connectivity index (χ0n) is 8.97. The molecule has 1 aliphatic rings. The van der Waals surface area contributed by atoms with Crippen molar-refractivity contribution in [3.05, 3.63) is 12.7 Å². The van der Waals surface area contributed by atoms with E-state index < -0.39 is 0 Å². The van der Waals surface area contributed by atoms with Gasteiger partial charge in [0.05, 0.1) is 0 Å². The first-order chi connectivity index (χ1) is 5.96. The molecule has 1 aliphatic carbocycles. The fraction of sp³-hybridized carbons (Fsp3) is 0.750. The van der Waals surface area contributed by atoms with Crippen LogP contribution in [0, 0.1) is 17.3 Å². The van der Waals surface area contributed by atoms with Crippen molar-refractivity contribution in [2.75, 3.05) is 0 Å². The molecule has 0 amide bonds. The van der Waals surface area contributed by atoms with Crippen molar-refractivity contribution in [2.45, 2.75) is 40.0 Å². The van der Waals surface area contributed by atoms with Crippen molar-refractivity contribution in [2.24, 2.45) is 17.3 Å². The molecule has 1 fully saturated rings. The molecule has 2 atom stereocenters. The minimum atomic E-state index is 0.248. The van der Waals surface area contributed by atoms with Gasteiger partial charge in [0, 0.05) is 12.3 Å². The Labute approximate surface area is 81.2 Å². The summed E-state index contributed by atoms with van der Waals surface area (Å²) in [6, 6.07) is 0. The second-order valence-corrected chi connectivity index (χ2v) is 5.11. The third-order valence-electron chi connectivity index (χ3n) is 3.13. The van der Waals surface area contributed by atoms with E-state index in [0.717, 1.165) is 19.3 Å². The minimum absolute atomic E-state index is 0.248. The van der Waals surface area contributed by atoms with Crippen LogP contribution in [0.5, 0.6) is 0 Å². The predicted molar refractivity (Wildman–Crippen MR) is 55.5 cm³/mol. The fourth-order valence-corrected chi connectivity index (χ4v) is 2.42. The Morgan fingerprint density at radius 2 is 2.15 bits per heavy atom. The maximum atomic E-state index is 11.6. The lowest BCUT2D eigenvalue weighted by Crippen LogP contribution is -2.26. The SMILES string of the molecule is C=CC[C@@H]1C(=O)CC[C@H]1C(C)(C)C. The van der Waals surface area contributed by atoms with E-state index in [1.807, 2.05) is 6.08 Å². The average Bonchev–Trinajstić information content (AvgIpc) is 2.32. The van der Waals surface area contributed by atoms with Crippen molar-refractivity contribution in [3.63, 3.8) is 0 Å². The average molecular weight is 180 g/mol. The van der Waals surface area contributed by atoms with E-state index in [9.17, 15) is 4.79 Å². The number of ketones is 1. The number of rotatable bonds is 2. The zero-order chi connectivity index (χ0) is 10.1. The molecule has 0 saturated heterocycles. The van der Waals surface area contributed by atoms with Crippen molar-refractivity contribution < 1.29 is 4.79 Å². The maximum absolute atomic E-state index is 11.6. The molecule has 1 saturated carbocycles. The van der Waals surface area contributed by atoms with Gasteiger partial charge in [-0.25, -0.2) is 0 Å². The monoisotopic (exact) mass is 180 g/mol. The van der Waals surface area contributed by atoms with Gasteiger partial charge in [0.25, 0.3) is 0 Å². The van der Waals surface area contributed by atoms with Crippen molar-refractivity contribution in [3.8, 4) is 0 Å². The smallest absolute Gasteiger partial charge is 0.136 e. The highest BCUT2D eigenvalue weighted by molar-refractivity contribution is 5.83. The highest BCUT2D eigenvalue weighted by atomic mass is 16.1. The lowest BCUT2D eigenvalue weighted by Gasteiger charge is -2.30. The van der Waals surface area contributed by atoms with Gasteiger partial charge in [0.2, 0.25) is 0 Å². The first kappa shape index (κ1) is 10.5. The molecule has 0 aliphatic heterocycles. The Kier molecular flexibility index (Phi) is 2.94. The van der Waals surface area contributed by atoms with Crippen molar-refractivity contribution in [1.82, 2.24) is 0 Å². The zero-order valence-corrected chi connectivity index (χ0v) is 8.97. The Hall–Kier alpha value is -0.590. The Balaban J connectivity index is 2.75. The van der Waals surface area contributed by atoms with E-state index in [0.29, 0.717) is 11.7 Å². The number of carbonyl (C=O) groups is 1. The van der Waals surface area contributed by atoms with Gasteiger partial charge in [-0.15, -0.1) is 6.58 Å². The van der Waals surface area contributed by atoms with Crippen LogP contribution in [0.15, 0.2) is 12.7 Å². The minimum Gasteiger partial charge on any atom is -0.299 e. The second-order valence-electron chi connectivity index (χ2n) is 5.11. The summed E-state index contributed by atoms with van der Waals surface area (Å²) in [6.45, 7) is 10.4. The molecule has 0 aromatic rings. The molecule has 13 heavy (non-hydrogen) atoms. The molecule has 0 unspecified atom stereocenters. The van der Waals surface area contributed by atoms with E-state index in [-0.39, 0.29) is 11.3 Å². The van der Waals surface area contributed by atoms with Crippen LogP contribution in [0.25, 0.3) is 0 Å². The van der Waals surface area contributed by atoms with Crippen molar-refractivity contribution in [1.29, 1.82) is 0 Å². The Morgan fingerprint density at radius 3 is 2.62 bits per heavy atom. The molecule has 1 rings (SSSR count). The van der Waals surface area contributed by atoms with Gasteiger partial charge in [0.1, 0.15) is 5.78 Å². The molecule has 0 aromatic heterocycles. The van der Waals surface area contributed by atoms with Crippen LogP contribution in [0.4, 0.5) is 0 Å². The van der Waals surface area contributed by atoms with Gasteiger partial charge in [-0.2, -0.15) is 0 Å². The number of Topliss-reactive ketones (excluding diaryl/α,β-unsaturated/α-hetero) is 1. The van der Waals surface area contributed by atoms with Gasteiger partial charge in [-0.3, -0.25) is 4.79 Å². The number of hydrogen-bond donors (Lipinski definition) is 0. The standard InChI is InChI=1S/C12H20O/c1-5-6-9-10(12(2,3)4)7-8-11(9)13/h5,9-10H,1,6-8H2,2-4H3/t9-,10+/m0/s1. The van der Waals surface area contributed by atoms with Crippen LogP contribution < -0.4 is 0 Å². The molecule has 1 heteroatoms. The topological polar surface area (TPSA) is 17.1 Å². The molecule has 0 spiro atoms. The molecule has 74 valence electrons. The summed E-state index contributed by atoms with van der Waals surface area (Å²) in [4.78, 5) is 11.6. The summed E-state index contributed by atoms with van der Waals surface area (Å²) in [5, 5.41) is 0. The number of carbonyl (C=O) groups excluding carboxylic acids is 1. The summed E-state index contributed by atoms with van der Waals surface area (Å²) in [5.41, 5.74) is 0.264. The first-order valence-corrected chi connectivity index (χ1v) is 5.10. The molecule has 0 heterocycles. The van der Waals surface area contributed by atoms with E-state index in [1.54, 1.807) is 0 Å². The van der Waals surface area contributed by atoms with Gasteiger partial charge < -0.3 is 0 Å². The van der Waals surface area contributed by atoms with Crippen molar-refractivity contribution >= 4 is 5.78 Å². The van der Waals surface area contributed by atoms with E-state index in [4.69, 9.17) is 0 Å². The molecule has 0 aromatic carbocycles. The summed E-state index contributed by atoms with van der Waals surface area (Å²) in [5.74, 6) is 1.25. The third-order valence-corrected chi connectivity index (χ3v) is 3.13. The third kappa shape index (κ3) is 2.20. The van der Waals surface area contributed by atoms with Gasteiger partial charge in [-0.05, 0) is 24.2 Å². The summed E-state index contributed by atoms with van der Waals surface area (Å²) in [6.07, 6.45) is 4.59. The van der Waals surface area contributed by atoms with Crippen LogP contribution in [0.2, 0.25) is 0 Å². The highest BCUT2D eigenvalue weighted by Crippen LogP contribution is 2.43. The van der Waals surface area contributed by atoms with Crippen LogP contribution in [0.3, 0.4) is 0 Å². The van der Waals surface area contributed by atoms with Crippen LogP contribution in [0.1, 0.15) is 40.0 Å². The van der Waals surface area contributed by atoms with Gasteiger partial charge >= 0.3 is 0 Å². The van der Waals surface area contributed by atoms with Crippen LogP contribution in [-0.2, 0) is 4.79 Å². The van der Waals surface area contributed by atoms with E-state index >= 15 is 0 Å². The first-order valence-electron chi connectivity index (χ1n) is 5.10. The molecule has 0 N–H and O–H groups in total. The number of hydrogen-bond acceptors (Lipinski definition) is 1. The lowest BCUT2D eigenvalue weighted by atomic mass is 9.74.